The van der Waals surface area contributed by atoms with Crippen LogP contribution in [-0.2, 0) is 10.5 Å². The molecule has 5 heteroatoms. The Morgan fingerprint density at radius 2 is 1.93 bits per heavy atom. The van der Waals surface area contributed by atoms with Crippen molar-refractivity contribution in [1.82, 2.24) is 0 Å². The number of thioether (sulfide) groups is 1. The molecule has 0 radical (unpaired) electrons. The van der Waals surface area contributed by atoms with Crippen LogP contribution in [0.5, 0.6) is 0 Å². The average molecular weight is 218 g/mol. The molecule has 1 aromatic rings. The van der Waals surface area contributed by atoms with Gasteiger partial charge in [-0.3, -0.25) is 4.79 Å². The number of carboxylic acid groups (broad SMARTS) is 1. The Morgan fingerprint density at radius 3 is 2.43 bits per heavy atom. The van der Waals surface area contributed by atoms with Crippen molar-refractivity contribution < 1.29 is 18.7 Å². The monoisotopic (exact) mass is 218 g/mol. The fourth-order valence-electron chi connectivity index (χ4n) is 0.911. The van der Waals surface area contributed by atoms with Crippen molar-refractivity contribution >= 4 is 17.7 Å². The third-order valence-electron chi connectivity index (χ3n) is 1.53. The van der Waals surface area contributed by atoms with E-state index in [1.807, 2.05) is 0 Å². The lowest BCUT2D eigenvalue weighted by molar-refractivity contribution is -0.133. The third-order valence-corrected chi connectivity index (χ3v) is 2.48. The molecule has 0 saturated carbocycles. The van der Waals surface area contributed by atoms with Gasteiger partial charge in [0.15, 0.2) is 0 Å². The van der Waals surface area contributed by atoms with E-state index in [9.17, 15) is 13.6 Å². The summed E-state index contributed by atoms with van der Waals surface area (Å²) >= 11 is 0.963. The molecule has 76 valence electrons. The zero-order chi connectivity index (χ0) is 10.6. The van der Waals surface area contributed by atoms with Crippen molar-refractivity contribution in [1.29, 1.82) is 0 Å². The molecule has 0 amide bonds. The van der Waals surface area contributed by atoms with E-state index >= 15 is 0 Å². The molecule has 1 rings (SSSR count). The van der Waals surface area contributed by atoms with Gasteiger partial charge in [0.2, 0.25) is 0 Å². The van der Waals surface area contributed by atoms with Gasteiger partial charge in [-0.05, 0) is 12.1 Å². The topological polar surface area (TPSA) is 37.3 Å². The van der Waals surface area contributed by atoms with Crippen LogP contribution in [0.3, 0.4) is 0 Å². The summed E-state index contributed by atoms with van der Waals surface area (Å²) in [4.78, 5) is 10.2. The highest BCUT2D eigenvalue weighted by atomic mass is 32.2. The zero-order valence-corrected chi connectivity index (χ0v) is 7.98. The summed E-state index contributed by atoms with van der Waals surface area (Å²) in [7, 11) is 0. The quantitative estimate of drug-likeness (QED) is 0.842. The van der Waals surface area contributed by atoms with E-state index in [-0.39, 0.29) is 17.1 Å². The number of benzene rings is 1. The molecule has 0 atom stereocenters. The van der Waals surface area contributed by atoms with E-state index in [0.717, 1.165) is 23.9 Å². The Labute approximate surface area is 83.9 Å². The summed E-state index contributed by atoms with van der Waals surface area (Å²) in [6.07, 6.45) is 0. The molecule has 0 aliphatic heterocycles. The first-order valence-corrected chi connectivity index (χ1v) is 4.99. The van der Waals surface area contributed by atoms with Crippen molar-refractivity contribution in [3.63, 3.8) is 0 Å². The molecule has 0 bridgehead atoms. The van der Waals surface area contributed by atoms with Crippen molar-refractivity contribution in [3.05, 3.63) is 35.4 Å². The molecule has 0 aliphatic carbocycles. The van der Waals surface area contributed by atoms with Crippen molar-refractivity contribution in [2.45, 2.75) is 5.75 Å². The highest BCUT2D eigenvalue weighted by molar-refractivity contribution is 7.99. The summed E-state index contributed by atoms with van der Waals surface area (Å²) in [5.74, 6) is -2.39. The molecule has 0 aliphatic rings. The number of carboxylic acids is 1. The number of aliphatic carboxylic acids is 1. The number of hydrogen-bond donors (Lipinski definition) is 1. The van der Waals surface area contributed by atoms with Gasteiger partial charge in [-0.15, -0.1) is 11.8 Å². The maximum absolute atomic E-state index is 13.0. The molecule has 0 spiro atoms. The van der Waals surface area contributed by atoms with Crippen LogP contribution in [0.2, 0.25) is 0 Å². The summed E-state index contributed by atoms with van der Waals surface area (Å²) in [5, 5.41) is 8.32. The van der Waals surface area contributed by atoms with Gasteiger partial charge in [-0.25, -0.2) is 8.78 Å². The molecular weight excluding hydrogens is 210 g/mol. The Balaban J connectivity index is 2.62. The van der Waals surface area contributed by atoms with Crippen LogP contribution in [0.1, 0.15) is 5.56 Å². The summed E-state index contributed by atoms with van der Waals surface area (Å²) in [5.41, 5.74) is -0.0706. The average Bonchev–Trinajstić information content (AvgIpc) is 2.09. The van der Waals surface area contributed by atoms with Crippen LogP contribution in [0.25, 0.3) is 0 Å². The number of halogens is 2. The standard InChI is InChI=1S/C9H8F2O2S/c10-7-2-1-3-8(11)6(7)4-14-5-9(12)13/h1-3H,4-5H2,(H,12,13). The van der Waals surface area contributed by atoms with E-state index in [2.05, 4.69) is 0 Å². The van der Waals surface area contributed by atoms with E-state index in [0.29, 0.717) is 0 Å². The summed E-state index contributed by atoms with van der Waals surface area (Å²) in [6.45, 7) is 0. The van der Waals surface area contributed by atoms with Crippen molar-refractivity contribution in [2.24, 2.45) is 0 Å². The lowest BCUT2D eigenvalue weighted by Crippen LogP contribution is -2.00. The molecule has 2 nitrogen and oxygen atoms in total. The Kier molecular flexibility index (Phi) is 3.88. The van der Waals surface area contributed by atoms with E-state index in [4.69, 9.17) is 5.11 Å². The van der Waals surface area contributed by atoms with Crippen LogP contribution in [0, 0.1) is 11.6 Å². The normalized spacial score (nSPS) is 10.1. The minimum absolute atomic E-state index is 0.0325. The van der Waals surface area contributed by atoms with Crippen LogP contribution in [0.4, 0.5) is 8.78 Å². The predicted molar refractivity (Wildman–Crippen MR) is 50.2 cm³/mol. The molecule has 1 N–H and O–H groups in total. The van der Waals surface area contributed by atoms with E-state index < -0.39 is 17.6 Å². The molecule has 0 heterocycles. The molecule has 0 unspecified atom stereocenters. The summed E-state index contributed by atoms with van der Waals surface area (Å²) < 4.78 is 25.9. The van der Waals surface area contributed by atoms with Gasteiger partial charge in [0.05, 0.1) is 5.75 Å². The van der Waals surface area contributed by atoms with Crippen LogP contribution in [0.15, 0.2) is 18.2 Å². The first-order chi connectivity index (χ1) is 6.61. The maximum Gasteiger partial charge on any atom is 0.313 e. The second kappa shape index (κ2) is 4.95. The van der Waals surface area contributed by atoms with Gasteiger partial charge < -0.3 is 5.11 Å². The van der Waals surface area contributed by atoms with Gasteiger partial charge in [0, 0.05) is 11.3 Å². The SMILES string of the molecule is O=C(O)CSCc1c(F)cccc1F. The Bertz CT molecular complexity index is 321. The van der Waals surface area contributed by atoms with E-state index in [1.54, 1.807) is 0 Å². The van der Waals surface area contributed by atoms with Crippen LogP contribution < -0.4 is 0 Å². The van der Waals surface area contributed by atoms with Gasteiger partial charge in [0.1, 0.15) is 11.6 Å². The smallest absolute Gasteiger partial charge is 0.313 e. The van der Waals surface area contributed by atoms with Crippen LogP contribution in [-0.4, -0.2) is 16.8 Å². The van der Waals surface area contributed by atoms with Crippen molar-refractivity contribution in [3.8, 4) is 0 Å². The molecule has 0 fully saturated rings. The summed E-state index contributed by atoms with van der Waals surface area (Å²) in [6, 6.07) is 3.58. The van der Waals surface area contributed by atoms with Crippen LogP contribution >= 0.6 is 11.8 Å². The largest absolute Gasteiger partial charge is 0.481 e. The first kappa shape index (κ1) is 11.0. The lowest BCUT2D eigenvalue weighted by Gasteiger charge is -2.02. The van der Waals surface area contributed by atoms with Crippen molar-refractivity contribution in [2.75, 3.05) is 5.75 Å². The number of hydrogen-bond acceptors (Lipinski definition) is 2. The van der Waals surface area contributed by atoms with Gasteiger partial charge in [0.25, 0.3) is 0 Å². The molecule has 1 aromatic carbocycles. The Morgan fingerprint density at radius 1 is 1.36 bits per heavy atom. The molecular formula is C9H8F2O2S. The zero-order valence-electron chi connectivity index (χ0n) is 7.17. The maximum atomic E-state index is 13.0. The molecule has 0 aromatic heterocycles. The highest BCUT2D eigenvalue weighted by Gasteiger charge is 2.08. The fourth-order valence-corrected chi connectivity index (χ4v) is 1.67. The molecule has 14 heavy (non-hydrogen) atoms. The first-order valence-electron chi connectivity index (χ1n) is 3.83. The van der Waals surface area contributed by atoms with Gasteiger partial charge in [-0.1, -0.05) is 6.07 Å². The van der Waals surface area contributed by atoms with Gasteiger partial charge >= 0.3 is 5.97 Å². The van der Waals surface area contributed by atoms with E-state index in [1.165, 1.54) is 6.07 Å². The number of carbonyl (C=O) groups is 1. The van der Waals surface area contributed by atoms with Gasteiger partial charge in [-0.2, -0.15) is 0 Å². The Hall–Kier alpha value is -1.10. The third kappa shape index (κ3) is 2.99. The molecule has 0 saturated heterocycles. The minimum Gasteiger partial charge on any atom is -0.481 e. The second-order valence-electron chi connectivity index (χ2n) is 2.59. The lowest BCUT2D eigenvalue weighted by atomic mass is 10.2. The number of rotatable bonds is 4. The minimum atomic E-state index is -0.994. The fraction of sp³-hybridized carbons (Fsp3) is 0.222. The second-order valence-corrected chi connectivity index (χ2v) is 3.57. The predicted octanol–water partition coefficient (Wildman–Crippen LogP) is 2.28. The highest BCUT2D eigenvalue weighted by Crippen LogP contribution is 2.18.